The zero-order chi connectivity index (χ0) is 42.1. The first-order valence-electron chi connectivity index (χ1n) is 22.5. The molecule has 0 saturated heterocycles. The molecular formula is C57H72Si2. The van der Waals surface area contributed by atoms with Crippen molar-refractivity contribution in [3.63, 3.8) is 0 Å². The molecule has 0 N–H and O–H groups in total. The van der Waals surface area contributed by atoms with E-state index in [2.05, 4.69) is 230 Å². The SMILES string of the molecule is CC(CC(CC(C)(CCC(C)(CC(CCc1ccccc1)c1ccc([Si](C)(C)C)cc1)c1ccccc1)c1ccccc1)c1ccc([Si](C)(C)C)cc1)c1ccccc1. The summed E-state index contributed by atoms with van der Waals surface area (Å²) in [5, 5.41) is 3.08. The van der Waals surface area contributed by atoms with Crippen LogP contribution in [0.2, 0.25) is 39.3 Å². The standard InChI is InChI=1S/C57H72Si2/c1-45(47-24-16-11-17-25-47)42-51(49-34-38-55(39-35-49)59(7,8)9)44-57(3,53-28-20-13-21-29-53)41-40-56(2,52-26-18-12-19-27-52)43-50(31-30-46-22-14-10-15-23-46)48-32-36-54(37-33-48)58(4,5)6/h10-29,32-39,45,50-51H,30-31,40-44H2,1-9H3. The maximum Gasteiger partial charge on any atom is 0.0775 e. The molecule has 0 aliphatic rings. The Morgan fingerprint density at radius 2 is 0.797 bits per heavy atom. The van der Waals surface area contributed by atoms with Gasteiger partial charge >= 0.3 is 0 Å². The van der Waals surface area contributed by atoms with Gasteiger partial charge in [-0.2, -0.15) is 0 Å². The number of hydrogen-bond donors (Lipinski definition) is 0. The first kappa shape index (κ1) is 44.3. The highest BCUT2D eigenvalue weighted by molar-refractivity contribution is 6.89. The van der Waals surface area contributed by atoms with Gasteiger partial charge in [0.2, 0.25) is 0 Å². The van der Waals surface area contributed by atoms with Crippen molar-refractivity contribution in [2.24, 2.45) is 0 Å². The van der Waals surface area contributed by atoms with Gasteiger partial charge in [-0.25, -0.2) is 0 Å². The summed E-state index contributed by atoms with van der Waals surface area (Å²) in [5.41, 5.74) is 8.76. The van der Waals surface area contributed by atoms with Gasteiger partial charge in [-0.3, -0.25) is 0 Å². The van der Waals surface area contributed by atoms with Crippen LogP contribution in [0.25, 0.3) is 0 Å². The number of rotatable bonds is 19. The Hall–Kier alpha value is -4.25. The number of hydrogen-bond acceptors (Lipinski definition) is 0. The van der Waals surface area contributed by atoms with Crippen LogP contribution in [0.3, 0.4) is 0 Å². The maximum atomic E-state index is 2.59. The van der Waals surface area contributed by atoms with Gasteiger partial charge < -0.3 is 0 Å². The molecule has 5 atom stereocenters. The Morgan fingerprint density at radius 1 is 0.424 bits per heavy atom. The van der Waals surface area contributed by atoms with Crippen molar-refractivity contribution >= 4 is 26.5 Å². The van der Waals surface area contributed by atoms with Gasteiger partial charge in [-0.1, -0.05) is 240 Å². The smallest absolute Gasteiger partial charge is 0.0656 e. The van der Waals surface area contributed by atoms with E-state index in [4.69, 9.17) is 0 Å². The van der Waals surface area contributed by atoms with Gasteiger partial charge in [0, 0.05) is 0 Å². The summed E-state index contributed by atoms with van der Waals surface area (Å²) in [6.07, 6.45) is 7.82. The lowest BCUT2D eigenvalue weighted by Crippen LogP contribution is -2.37. The molecule has 0 aliphatic heterocycles. The third-order valence-corrected chi connectivity index (χ3v) is 17.8. The minimum absolute atomic E-state index is 0.0120. The quantitative estimate of drug-likeness (QED) is 0.0715. The lowest BCUT2D eigenvalue weighted by molar-refractivity contribution is 0.276. The third kappa shape index (κ3) is 12.0. The second-order valence-corrected chi connectivity index (χ2v) is 30.6. The minimum atomic E-state index is -1.41. The van der Waals surface area contributed by atoms with Crippen molar-refractivity contribution in [2.75, 3.05) is 0 Å². The van der Waals surface area contributed by atoms with E-state index in [0.29, 0.717) is 17.8 Å². The molecule has 0 spiro atoms. The summed E-state index contributed by atoms with van der Waals surface area (Å²) in [6.45, 7) is 22.4. The van der Waals surface area contributed by atoms with Crippen molar-refractivity contribution < 1.29 is 0 Å². The Bertz CT molecular complexity index is 2130. The first-order chi connectivity index (χ1) is 28.1. The molecule has 59 heavy (non-hydrogen) atoms. The highest BCUT2D eigenvalue weighted by Gasteiger charge is 2.37. The Labute approximate surface area is 361 Å². The van der Waals surface area contributed by atoms with Crippen molar-refractivity contribution in [3.05, 3.63) is 203 Å². The number of aryl methyl sites for hydroxylation is 1. The van der Waals surface area contributed by atoms with Gasteiger partial charge in [0.1, 0.15) is 0 Å². The van der Waals surface area contributed by atoms with E-state index in [1.165, 1.54) is 38.6 Å². The molecule has 6 rings (SSSR count). The van der Waals surface area contributed by atoms with E-state index in [1.807, 2.05) is 0 Å². The van der Waals surface area contributed by atoms with Crippen molar-refractivity contribution in [1.82, 2.24) is 0 Å². The van der Waals surface area contributed by atoms with Gasteiger partial charge in [0.05, 0.1) is 16.1 Å². The molecule has 0 bridgehead atoms. The average Bonchev–Trinajstić information content (AvgIpc) is 3.25. The molecule has 0 aliphatic carbocycles. The lowest BCUT2D eigenvalue weighted by atomic mass is 9.64. The third-order valence-electron chi connectivity index (χ3n) is 13.7. The van der Waals surface area contributed by atoms with E-state index in [1.54, 1.807) is 5.19 Å². The van der Waals surface area contributed by atoms with E-state index < -0.39 is 16.1 Å². The molecule has 0 saturated carbocycles. The molecule has 2 heteroatoms. The molecule has 6 aromatic rings. The Balaban J connectivity index is 1.37. The molecule has 308 valence electrons. The molecule has 0 radical (unpaired) electrons. The van der Waals surface area contributed by atoms with Gasteiger partial charge in [-0.05, 0) is 107 Å². The molecule has 5 unspecified atom stereocenters. The summed E-state index contributed by atoms with van der Waals surface area (Å²) < 4.78 is 0. The first-order valence-corrected chi connectivity index (χ1v) is 29.5. The van der Waals surface area contributed by atoms with Gasteiger partial charge in [0.15, 0.2) is 0 Å². The second-order valence-electron chi connectivity index (χ2n) is 20.5. The van der Waals surface area contributed by atoms with Crippen LogP contribution in [0, 0.1) is 0 Å². The molecule has 0 fully saturated rings. The Morgan fingerprint density at radius 3 is 1.22 bits per heavy atom. The summed E-state index contributed by atoms with van der Waals surface area (Å²) in [4.78, 5) is 0. The fourth-order valence-electron chi connectivity index (χ4n) is 9.61. The van der Waals surface area contributed by atoms with E-state index in [9.17, 15) is 0 Å². The van der Waals surface area contributed by atoms with Crippen LogP contribution in [0.15, 0.2) is 170 Å². The highest BCUT2D eigenvalue weighted by Crippen LogP contribution is 2.47. The number of benzene rings is 6. The maximum absolute atomic E-state index is 2.59. The summed E-state index contributed by atoms with van der Waals surface area (Å²) >= 11 is 0. The van der Waals surface area contributed by atoms with Gasteiger partial charge in [-0.15, -0.1) is 0 Å². The summed E-state index contributed by atoms with van der Waals surface area (Å²) in [5.74, 6) is 1.34. The van der Waals surface area contributed by atoms with Gasteiger partial charge in [0.25, 0.3) is 0 Å². The molecule has 0 nitrogen and oxygen atoms in total. The summed E-state index contributed by atoms with van der Waals surface area (Å²) in [7, 11) is -2.82. The van der Waals surface area contributed by atoms with Crippen molar-refractivity contribution in [3.8, 4) is 0 Å². The fraction of sp³-hybridized carbons (Fsp3) is 0.368. The highest BCUT2D eigenvalue weighted by atomic mass is 28.3. The summed E-state index contributed by atoms with van der Waals surface area (Å²) in [6, 6.07) is 65.2. The Kier molecular flexibility index (Phi) is 14.6. The second kappa shape index (κ2) is 19.4. The molecular weight excluding hydrogens is 741 g/mol. The normalized spacial score (nSPS) is 15.7. The zero-order valence-corrected chi connectivity index (χ0v) is 39.8. The topological polar surface area (TPSA) is 0 Å². The van der Waals surface area contributed by atoms with Crippen LogP contribution in [0.1, 0.15) is 110 Å². The van der Waals surface area contributed by atoms with Crippen LogP contribution in [-0.2, 0) is 17.3 Å². The van der Waals surface area contributed by atoms with Crippen LogP contribution in [-0.4, -0.2) is 16.1 Å². The van der Waals surface area contributed by atoms with Crippen molar-refractivity contribution in [2.45, 2.75) is 134 Å². The molecule has 0 amide bonds. The van der Waals surface area contributed by atoms with Crippen LogP contribution >= 0.6 is 0 Å². The van der Waals surface area contributed by atoms with E-state index in [0.717, 1.165) is 44.9 Å². The predicted octanol–water partition coefficient (Wildman–Crippen LogP) is 14.9. The lowest BCUT2D eigenvalue weighted by Gasteiger charge is -2.41. The largest absolute Gasteiger partial charge is 0.0775 e. The average molecular weight is 813 g/mol. The predicted molar refractivity (Wildman–Crippen MR) is 265 cm³/mol. The molecule has 0 aromatic heterocycles. The van der Waals surface area contributed by atoms with E-state index >= 15 is 0 Å². The van der Waals surface area contributed by atoms with Crippen molar-refractivity contribution in [1.29, 1.82) is 0 Å². The monoisotopic (exact) mass is 813 g/mol. The fourth-order valence-corrected chi connectivity index (χ4v) is 11.9. The molecule has 6 aromatic carbocycles. The van der Waals surface area contributed by atoms with Crippen LogP contribution < -0.4 is 10.4 Å². The minimum Gasteiger partial charge on any atom is -0.0656 e. The van der Waals surface area contributed by atoms with E-state index in [-0.39, 0.29) is 10.8 Å². The molecule has 0 heterocycles. The van der Waals surface area contributed by atoms with Crippen LogP contribution in [0.5, 0.6) is 0 Å². The van der Waals surface area contributed by atoms with Crippen LogP contribution in [0.4, 0.5) is 0 Å². The zero-order valence-electron chi connectivity index (χ0n) is 37.8.